The number of aliphatic imine (C=N–C) groups is 1. The van der Waals surface area contributed by atoms with Gasteiger partial charge in [-0.1, -0.05) is 26.7 Å². The minimum atomic E-state index is -0.298. The van der Waals surface area contributed by atoms with Crippen molar-refractivity contribution in [3.63, 3.8) is 0 Å². The molecule has 0 aromatic carbocycles. The van der Waals surface area contributed by atoms with Gasteiger partial charge in [0.1, 0.15) is 5.01 Å². The number of amides is 1. The fraction of sp³-hybridized carbons (Fsp3) is 0.722. The van der Waals surface area contributed by atoms with E-state index in [9.17, 15) is 4.79 Å². The second-order valence-electron chi connectivity index (χ2n) is 7.29. The maximum atomic E-state index is 12.6. The molecule has 0 bridgehead atoms. The lowest BCUT2D eigenvalue weighted by molar-refractivity contribution is -0.138. The number of rotatable bonds is 6. The molecule has 2 rings (SSSR count). The molecule has 25 heavy (non-hydrogen) atoms. The molecule has 1 saturated carbocycles. The highest BCUT2D eigenvalue weighted by Gasteiger charge is 2.42. The third-order valence-corrected chi connectivity index (χ3v) is 5.67. The molecule has 1 aliphatic carbocycles. The van der Waals surface area contributed by atoms with Gasteiger partial charge in [0.05, 0.1) is 17.7 Å². The largest absolute Gasteiger partial charge is 0.355 e. The molecule has 6 nitrogen and oxygen atoms in total. The van der Waals surface area contributed by atoms with Crippen molar-refractivity contribution >= 4 is 23.2 Å². The lowest BCUT2D eigenvalue weighted by Gasteiger charge is -2.31. The van der Waals surface area contributed by atoms with Crippen molar-refractivity contribution in [2.75, 3.05) is 27.7 Å². The summed E-state index contributed by atoms with van der Waals surface area (Å²) in [4.78, 5) is 23.3. The van der Waals surface area contributed by atoms with Crippen molar-refractivity contribution in [1.82, 2.24) is 20.5 Å². The molecule has 1 aliphatic rings. The Morgan fingerprint density at radius 2 is 2.04 bits per heavy atom. The molecule has 1 aromatic rings. The first kappa shape index (κ1) is 19.7. The number of hydrogen-bond donors (Lipinski definition) is 2. The number of hydrogen-bond acceptors (Lipinski definition) is 4. The summed E-state index contributed by atoms with van der Waals surface area (Å²) in [6, 6.07) is 0. The molecule has 0 atom stereocenters. The normalized spacial score (nSPS) is 17.0. The molecular formula is C18H31N5OS. The van der Waals surface area contributed by atoms with Crippen LogP contribution in [0, 0.1) is 5.41 Å². The standard InChI is InChI=1S/C18H31N5OS/c1-13(2)14-11-25-15(22-14)10-20-17(19-3)21-12-18(8-6-7-9-18)16(24)23(4)5/h11,13H,6-10,12H2,1-5H3,(H2,19,20,21). The second kappa shape index (κ2) is 8.65. The highest BCUT2D eigenvalue weighted by atomic mass is 32.1. The maximum Gasteiger partial charge on any atom is 0.230 e. The van der Waals surface area contributed by atoms with E-state index in [-0.39, 0.29) is 11.3 Å². The van der Waals surface area contributed by atoms with Gasteiger partial charge < -0.3 is 15.5 Å². The number of nitrogens with zero attached hydrogens (tertiary/aromatic N) is 3. The van der Waals surface area contributed by atoms with Crippen molar-refractivity contribution in [2.45, 2.75) is 52.0 Å². The van der Waals surface area contributed by atoms with Crippen molar-refractivity contribution in [3.05, 3.63) is 16.1 Å². The minimum absolute atomic E-state index is 0.217. The van der Waals surface area contributed by atoms with Gasteiger partial charge in [0.25, 0.3) is 0 Å². The van der Waals surface area contributed by atoms with E-state index in [0.717, 1.165) is 42.3 Å². The van der Waals surface area contributed by atoms with Crippen LogP contribution in [0.5, 0.6) is 0 Å². The summed E-state index contributed by atoms with van der Waals surface area (Å²) in [6.45, 7) is 5.57. The third-order valence-electron chi connectivity index (χ3n) is 4.81. The van der Waals surface area contributed by atoms with E-state index >= 15 is 0 Å². The smallest absolute Gasteiger partial charge is 0.230 e. The van der Waals surface area contributed by atoms with Gasteiger partial charge in [0.15, 0.2) is 5.96 Å². The first-order valence-corrected chi connectivity index (χ1v) is 9.86. The highest BCUT2D eigenvalue weighted by Crippen LogP contribution is 2.38. The van der Waals surface area contributed by atoms with Crippen LogP contribution in [0.1, 0.15) is 56.2 Å². The maximum absolute atomic E-state index is 12.6. The summed E-state index contributed by atoms with van der Waals surface area (Å²) < 4.78 is 0. The van der Waals surface area contributed by atoms with Gasteiger partial charge in [-0.2, -0.15) is 0 Å². The monoisotopic (exact) mass is 365 g/mol. The van der Waals surface area contributed by atoms with E-state index in [0.29, 0.717) is 19.0 Å². The van der Waals surface area contributed by atoms with Crippen LogP contribution in [0.25, 0.3) is 0 Å². The zero-order valence-corrected chi connectivity index (χ0v) is 16.9. The first-order chi connectivity index (χ1) is 11.9. The van der Waals surface area contributed by atoms with Crippen molar-refractivity contribution in [2.24, 2.45) is 10.4 Å². The fourth-order valence-electron chi connectivity index (χ4n) is 3.30. The summed E-state index contributed by atoms with van der Waals surface area (Å²) in [5.41, 5.74) is 0.832. The molecule has 1 fully saturated rings. The number of carbonyl (C=O) groups is 1. The average Bonchev–Trinajstić information content (AvgIpc) is 3.24. The first-order valence-electron chi connectivity index (χ1n) is 8.98. The second-order valence-corrected chi connectivity index (χ2v) is 8.23. The molecule has 0 aliphatic heterocycles. The number of guanidine groups is 1. The van der Waals surface area contributed by atoms with Gasteiger partial charge in [-0.05, 0) is 18.8 Å². The third kappa shape index (κ3) is 4.93. The lowest BCUT2D eigenvalue weighted by Crippen LogP contribution is -2.49. The number of carbonyl (C=O) groups excluding carboxylic acids is 1. The highest BCUT2D eigenvalue weighted by molar-refractivity contribution is 7.09. The predicted octanol–water partition coefficient (Wildman–Crippen LogP) is 2.58. The fourth-order valence-corrected chi connectivity index (χ4v) is 4.19. The van der Waals surface area contributed by atoms with E-state index in [4.69, 9.17) is 0 Å². The quantitative estimate of drug-likeness (QED) is 0.600. The molecule has 0 radical (unpaired) electrons. The molecular weight excluding hydrogens is 334 g/mol. The SMILES string of the molecule is CN=C(NCc1nc(C(C)C)cs1)NCC1(C(=O)N(C)C)CCCC1. The number of nitrogens with one attached hydrogen (secondary N) is 2. The molecule has 140 valence electrons. The van der Waals surface area contributed by atoms with E-state index in [1.807, 2.05) is 14.1 Å². The topological polar surface area (TPSA) is 69.6 Å². The van der Waals surface area contributed by atoms with Gasteiger partial charge >= 0.3 is 0 Å². The lowest BCUT2D eigenvalue weighted by atomic mass is 9.84. The number of aromatic nitrogens is 1. The Balaban J connectivity index is 1.91. The van der Waals surface area contributed by atoms with Gasteiger partial charge in [-0.15, -0.1) is 11.3 Å². The van der Waals surface area contributed by atoms with E-state index < -0.39 is 0 Å². The van der Waals surface area contributed by atoms with Gasteiger partial charge in [0.2, 0.25) is 5.91 Å². The zero-order chi connectivity index (χ0) is 18.4. The predicted molar refractivity (Wildman–Crippen MR) is 104 cm³/mol. The molecule has 0 saturated heterocycles. The summed E-state index contributed by atoms with van der Waals surface area (Å²) in [6.07, 6.45) is 4.12. The summed E-state index contributed by atoms with van der Waals surface area (Å²) in [7, 11) is 5.43. The molecule has 1 heterocycles. The molecule has 1 amide bonds. The van der Waals surface area contributed by atoms with Gasteiger partial charge in [-0.25, -0.2) is 4.98 Å². The van der Waals surface area contributed by atoms with Crippen LogP contribution in [0.3, 0.4) is 0 Å². The van der Waals surface area contributed by atoms with Crippen LogP contribution in [0.15, 0.2) is 10.4 Å². The molecule has 1 aromatic heterocycles. The van der Waals surface area contributed by atoms with E-state index in [1.54, 1.807) is 23.3 Å². The van der Waals surface area contributed by atoms with E-state index in [2.05, 4.69) is 39.8 Å². The summed E-state index contributed by atoms with van der Waals surface area (Å²) >= 11 is 1.66. The van der Waals surface area contributed by atoms with E-state index in [1.165, 1.54) is 0 Å². The number of thiazole rings is 1. The Kier molecular flexibility index (Phi) is 6.81. The molecule has 7 heteroatoms. The Labute approximate surface area is 155 Å². The average molecular weight is 366 g/mol. The molecule has 0 unspecified atom stereocenters. The van der Waals surface area contributed by atoms with Crippen LogP contribution in [0.2, 0.25) is 0 Å². The van der Waals surface area contributed by atoms with Crippen molar-refractivity contribution < 1.29 is 4.79 Å². The Morgan fingerprint density at radius 3 is 2.56 bits per heavy atom. The minimum Gasteiger partial charge on any atom is -0.355 e. The van der Waals surface area contributed by atoms with Crippen molar-refractivity contribution in [3.8, 4) is 0 Å². The van der Waals surface area contributed by atoms with Crippen LogP contribution in [-0.4, -0.2) is 49.4 Å². The Morgan fingerprint density at radius 1 is 1.36 bits per heavy atom. The van der Waals surface area contributed by atoms with Crippen LogP contribution >= 0.6 is 11.3 Å². The van der Waals surface area contributed by atoms with Crippen molar-refractivity contribution in [1.29, 1.82) is 0 Å². The molecule has 2 N–H and O–H groups in total. The Bertz CT molecular complexity index is 602. The zero-order valence-electron chi connectivity index (χ0n) is 16.1. The van der Waals surface area contributed by atoms with Gasteiger partial charge in [0, 0.05) is 33.1 Å². The Hall–Kier alpha value is -1.63. The van der Waals surface area contributed by atoms with Crippen LogP contribution in [0.4, 0.5) is 0 Å². The van der Waals surface area contributed by atoms with Crippen LogP contribution in [-0.2, 0) is 11.3 Å². The summed E-state index contributed by atoms with van der Waals surface area (Å²) in [5.74, 6) is 1.38. The van der Waals surface area contributed by atoms with Crippen LogP contribution < -0.4 is 10.6 Å². The summed E-state index contributed by atoms with van der Waals surface area (Å²) in [5, 5.41) is 9.83. The molecule has 0 spiro atoms. The van der Waals surface area contributed by atoms with Gasteiger partial charge in [-0.3, -0.25) is 9.79 Å².